The summed E-state index contributed by atoms with van der Waals surface area (Å²) in [6, 6.07) is 1.71. The highest BCUT2D eigenvalue weighted by atomic mass is 16.5. The molecule has 64 valence electrons. The number of methoxy groups -OCH3 is 1. The molecule has 3 heteroatoms. The van der Waals surface area contributed by atoms with E-state index >= 15 is 0 Å². The highest BCUT2D eigenvalue weighted by Crippen LogP contribution is 2.12. The lowest BCUT2D eigenvalue weighted by molar-refractivity contribution is 0.101. The first-order valence-corrected chi connectivity index (χ1v) is 3.51. The minimum absolute atomic E-state index is 0.216. The monoisotopic (exact) mass is 166 g/mol. The highest BCUT2D eigenvalue weighted by molar-refractivity contribution is 6.02. The molecule has 0 aliphatic rings. The molecule has 3 nitrogen and oxygen atoms in total. The Balaban J connectivity index is 2.90. The lowest BCUT2D eigenvalue weighted by Crippen LogP contribution is -1.97. The topological polar surface area (TPSA) is 39.4 Å². The smallest absolute Gasteiger partial charge is 0.220 e. The van der Waals surface area contributed by atoms with Crippen molar-refractivity contribution in [1.29, 1.82) is 0 Å². The van der Waals surface area contributed by atoms with Gasteiger partial charge in [0.05, 0.1) is 12.9 Å². The number of ether oxygens (including phenoxy) is 1. The van der Waals surface area contributed by atoms with Gasteiger partial charge in [-0.3, -0.25) is 4.79 Å². The zero-order valence-electron chi connectivity index (χ0n) is 6.87. The van der Waals surface area contributed by atoms with Crippen LogP contribution in [0.5, 0.6) is 0 Å². The minimum atomic E-state index is -0.216. The van der Waals surface area contributed by atoms with Crippen molar-refractivity contribution in [3.05, 3.63) is 36.3 Å². The number of allylic oxidation sites excluding steroid dienone is 1. The van der Waals surface area contributed by atoms with Crippen LogP contribution in [0.1, 0.15) is 16.1 Å². The summed E-state index contributed by atoms with van der Waals surface area (Å²) in [5, 5.41) is 0. The second-order valence-electron chi connectivity index (χ2n) is 2.28. The van der Waals surface area contributed by atoms with Gasteiger partial charge in [-0.05, 0) is 12.1 Å². The SMILES string of the molecule is C=CC(=O)c1occc1COC. The van der Waals surface area contributed by atoms with Gasteiger partial charge in [-0.2, -0.15) is 0 Å². The summed E-state index contributed by atoms with van der Waals surface area (Å²) in [5.74, 6) is 0.0962. The van der Waals surface area contributed by atoms with Crippen LogP contribution in [0.2, 0.25) is 0 Å². The summed E-state index contributed by atoms with van der Waals surface area (Å²) >= 11 is 0. The molecular formula is C9H10O3. The molecule has 0 saturated carbocycles. The van der Waals surface area contributed by atoms with E-state index in [1.54, 1.807) is 13.2 Å². The van der Waals surface area contributed by atoms with Crippen LogP contribution in [0, 0.1) is 0 Å². The van der Waals surface area contributed by atoms with Gasteiger partial charge in [-0.1, -0.05) is 6.58 Å². The summed E-state index contributed by atoms with van der Waals surface area (Å²) in [7, 11) is 1.56. The lowest BCUT2D eigenvalue weighted by atomic mass is 10.2. The third-order valence-electron chi connectivity index (χ3n) is 1.46. The van der Waals surface area contributed by atoms with Gasteiger partial charge < -0.3 is 9.15 Å². The van der Waals surface area contributed by atoms with E-state index in [0.29, 0.717) is 12.4 Å². The summed E-state index contributed by atoms with van der Waals surface area (Å²) < 4.78 is 9.84. The number of hydrogen-bond acceptors (Lipinski definition) is 3. The van der Waals surface area contributed by atoms with Crippen LogP contribution < -0.4 is 0 Å². The Morgan fingerprint density at radius 1 is 1.83 bits per heavy atom. The summed E-state index contributed by atoms with van der Waals surface area (Å²) in [6.07, 6.45) is 2.68. The van der Waals surface area contributed by atoms with Crippen molar-refractivity contribution >= 4 is 5.78 Å². The van der Waals surface area contributed by atoms with Crippen LogP contribution in [-0.4, -0.2) is 12.9 Å². The Labute approximate surface area is 70.6 Å². The molecule has 12 heavy (non-hydrogen) atoms. The molecule has 0 aliphatic carbocycles. The standard InChI is InChI=1S/C9H10O3/c1-3-8(10)9-7(6-11-2)4-5-12-9/h3-5H,1,6H2,2H3. The van der Waals surface area contributed by atoms with Gasteiger partial charge >= 0.3 is 0 Å². The molecule has 0 unspecified atom stereocenters. The zero-order valence-corrected chi connectivity index (χ0v) is 6.87. The molecule has 0 aliphatic heterocycles. The zero-order chi connectivity index (χ0) is 8.97. The van der Waals surface area contributed by atoms with Crippen molar-refractivity contribution in [3.8, 4) is 0 Å². The second kappa shape index (κ2) is 3.88. The van der Waals surface area contributed by atoms with Crippen molar-refractivity contribution in [1.82, 2.24) is 0 Å². The van der Waals surface area contributed by atoms with Crippen LogP contribution >= 0.6 is 0 Å². The maximum Gasteiger partial charge on any atom is 0.220 e. The lowest BCUT2D eigenvalue weighted by Gasteiger charge is -1.96. The van der Waals surface area contributed by atoms with Gasteiger partial charge in [0.25, 0.3) is 0 Å². The third kappa shape index (κ3) is 1.62. The van der Waals surface area contributed by atoms with Crippen molar-refractivity contribution in [3.63, 3.8) is 0 Å². The van der Waals surface area contributed by atoms with Crippen molar-refractivity contribution in [2.45, 2.75) is 6.61 Å². The van der Waals surface area contributed by atoms with E-state index in [-0.39, 0.29) is 5.78 Å². The van der Waals surface area contributed by atoms with Crippen molar-refractivity contribution < 1.29 is 13.9 Å². The maximum absolute atomic E-state index is 11.1. The molecule has 0 spiro atoms. The van der Waals surface area contributed by atoms with Crippen LogP contribution in [-0.2, 0) is 11.3 Å². The van der Waals surface area contributed by atoms with E-state index < -0.39 is 0 Å². The fourth-order valence-electron chi connectivity index (χ4n) is 0.914. The van der Waals surface area contributed by atoms with Crippen LogP contribution in [0.4, 0.5) is 0 Å². The first-order valence-electron chi connectivity index (χ1n) is 3.51. The fraction of sp³-hybridized carbons (Fsp3) is 0.222. The molecule has 0 N–H and O–H groups in total. The molecule has 0 fully saturated rings. The maximum atomic E-state index is 11.1. The highest BCUT2D eigenvalue weighted by Gasteiger charge is 2.11. The van der Waals surface area contributed by atoms with Crippen molar-refractivity contribution in [2.24, 2.45) is 0 Å². The van der Waals surface area contributed by atoms with Crippen LogP contribution in [0.3, 0.4) is 0 Å². The predicted octanol–water partition coefficient (Wildman–Crippen LogP) is 1.79. The Hall–Kier alpha value is -1.35. The average molecular weight is 166 g/mol. The molecule has 1 rings (SSSR count). The number of ketones is 1. The third-order valence-corrected chi connectivity index (χ3v) is 1.46. The van der Waals surface area contributed by atoms with E-state index in [9.17, 15) is 4.79 Å². The molecule has 1 aromatic rings. The van der Waals surface area contributed by atoms with E-state index in [0.717, 1.165) is 5.56 Å². The molecule has 0 saturated heterocycles. The summed E-state index contributed by atoms with van der Waals surface area (Å²) in [4.78, 5) is 11.1. The van der Waals surface area contributed by atoms with E-state index in [2.05, 4.69) is 6.58 Å². The van der Waals surface area contributed by atoms with Gasteiger partial charge in [0.15, 0.2) is 5.76 Å². The normalized spacial score (nSPS) is 9.75. The second-order valence-corrected chi connectivity index (χ2v) is 2.28. The molecule has 0 amide bonds. The van der Waals surface area contributed by atoms with Crippen molar-refractivity contribution in [2.75, 3.05) is 7.11 Å². The largest absolute Gasteiger partial charge is 0.460 e. The Morgan fingerprint density at radius 2 is 2.58 bits per heavy atom. The molecule has 0 aromatic carbocycles. The molecule has 1 heterocycles. The molecule has 0 atom stereocenters. The van der Waals surface area contributed by atoms with Gasteiger partial charge in [0.1, 0.15) is 0 Å². The number of hydrogen-bond donors (Lipinski definition) is 0. The molecular weight excluding hydrogens is 156 g/mol. The van der Waals surface area contributed by atoms with E-state index in [4.69, 9.17) is 9.15 Å². The molecule has 0 radical (unpaired) electrons. The quantitative estimate of drug-likeness (QED) is 0.505. The van der Waals surface area contributed by atoms with Crippen LogP contribution in [0.15, 0.2) is 29.4 Å². The average Bonchev–Trinajstić information content (AvgIpc) is 2.52. The first-order chi connectivity index (χ1) is 5.79. The molecule has 0 bridgehead atoms. The summed E-state index contributed by atoms with van der Waals surface area (Å²) in [6.45, 7) is 3.75. The van der Waals surface area contributed by atoms with Gasteiger partial charge in [-0.15, -0.1) is 0 Å². The summed E-state index contributed by atoms with van der Waals surface area (Å²) in [5.41, 5.74) is 0.752. The number of furan rings is 1. The first kappa shape index (κ1) is 8.74. The Bertz CT molecular complexity index is 286. The van der Waals surface area contributed by atoms with E-state index in [1.807, 2.05) is 0 Å². The van der Waals surface area contributed by atoms with Gasteiger partial charge in [0.2, 0.25) is 5.78 Å². The Morgan fingerprint density at radius 3 is 3.17 bits per heavy atom. The van der Waals surface area contributed by atoms with Crippen LogP contribution in [0.25, 0.3) is 0 Å². The Kier molecular flexibility index (Phi) is 2.82. The number of carbonyl (C=O) groups is 1. The number of rotatable bonds is 4. The van der Waals surface area contributed by atoms with Gasteiger partial charge in [-0.25, -0.2) is 0 Å². The number of carbonyl (C=O) groups excluding carboxylic acids is 1. The van der Waals surface area contributed by atoms with E-state index in [1.165, 1.54) is 12.3 Å². The fourth-order valence-corrected chi connectivity index (χ4v) is 0.914. The minimum Gasteiger partial charge on any atom is -0.460 e. The molecule has 1 aromatic heterocycles. The van der Waals surface area contributed by atoms with Gasteiger partial charge in [0, 0.05) is 12.7 Å². The predicted molar refractivity (Wildman–Crippen MR) is 43.9 cm³/mol.